The van der Waals surface area contributed by atoms with E-state index in [2.05, 4.69) is 10.6 Å². The quantitative estimate of drug-likeness (QED) is 0.335. The fourth-order valence-electron chi connectivity index (χ4n) is 3.25. The summed E-state index contributed by atoms with van der Waals surface area (Å²) < 4.78 is 6.75. The van der Waals surface area contributed by atoms with E-state index in [0.717, 1.165) is 16.5 Å². The largest absolute Gasteiger partial charge is 0.383 e. The molecule has 0 aliphatic carbocycles. The lowest BCUT2D eigenvalue weighted by molar-refractivity contribution is -0.121. The smallest absolute Gasteiger partial charge is 0.266 e. The van der Waals surface area contributed by atoms with Crippen molar-refractivity contribution in [1.29, 1.82) is 5.26 Å². The predicted octanol–water partition coefficient (Wildman–Crippen LogP) is 3.26. The number of rotatable bonds is 8. The minimum Gasteiger partial charge on any atom is -0.383 e. The molecule has 31 heavy (non-hydrogen) atoms. The number of aromatic nitrogens is 1. The number of carbonyl (C=O) groups is 2. The van der Waals surface area contributed by atoms with E-state index < -0.39 is 5.91 Å². The van der Waals surface area contributed by atoms with E-state index in [1.807, 2.05) is 55.5 Å². The van der Waals surface area contributed by atoms with Crippen molar-refractivity contribution in [3.63, 3.8) is 0 Å². The summed E-state index contributed by atoms with van der Waals surface area (Å²) in [6, 6.07) is 16.9. The summed E-state index contributed by atoms with van der Waals surface area (Å²) in [5.41, 5.74) is 3.14. The highest BCUT2D eigenvalue weighted by Crippen LogP contribution is 2.24. The summed E-state index contributed by atoms with van der Waals surface area (Å²) >= 11 is 0. The van der Waals surface area contributed by atoms with Crippen LogP contribution in [0.3, 0.4) is 0 Å². The van der Waals surface area contributed by atoms with Gasteiger partial charge in [0.15, 0.2) is 0 Å². The number of para-hydroxylation sites is 1. The highest BCUT2D eigenvalue weighted by Gasteiger charge is 2.14. The third-order valence-electron chi connectivity index (χ3n) is 4.70. The molecule has 2 amide bonds. The Labute approximate surface area is 180 Å². The molecule has 3 rings (SSSR count). The van der Waals surface area contributed by atoms with Crippen LogP contribution in [0.15, 0.2) is 60.3 Å². The molecule has 0 unspecified atom stereocenters. The number of carbonyl (C=O) groups excluding carboxylic acids is 2. The third-order valence-corrected chi connectivity index (χ3v) is 4.70. The van der Waals surface area contributed by atoms with Gasteiger partial charge in [-0.2, -0.15) is 5.26 Å². The van der Waals surface area contributed by atoms with Gasteiger partial charge in [0.25, 0.3) is 5.91 Å². The molecule has 2 N–H and O–H groups in total. The molecular weight excluding hydrogens is 392 g/mol. The van der Waals surface area contributed by atoms with Gasteiger partial charge in [-0.1, -0.05) is 30.3 Å². The molecule has 0 spiro atoms. The molecule has 0 radical (unpaired) electrons. The predicted molar refractivity (Wildman–Crippen MR) is 120 cm³/mol. The number of benzene rings is 2. The van der Waals surface area contributed by atoms with E-state index in [-0.39, 0.29) is 18.0 Å². The van der Waals surface area contributed by atoms with Crippen molar-refractivity contribution in [2.75, 3.05) is 25.6 Å². The van der Waals surface area contributed by atoms with Crippen molar-refractivity contribution in [2.45, 2.75) is 13.5 Å². The molecule has 0 aliphatic heterocycles. The molecule has 2 aromatic carbocycles. The number of nitriles is 1. The average Bonchev–Trinajstić information content (AvgIpc) is 3.09. The zero-order valence-electron chi connectivity index (χ0n) is 17.5. The van der Waals surface area contributed by atoms with Crippen LogP contribution in [-0.4, -0.2) is 36.6 Å². The van der Waals surface area contributed by atoms with Crippen LogP contribution in [0.2, 0.25) is 0 Å². The van der Waals surface area contributed by atoms with Crippen LogP contribution >= 0.6 is 0 Å². The fraction of sp³-hybridized carbons (Fsp3) is 0.208. The molecule has 7 heteroatoms. The Bertz CT molecular complexity index is 1170. The van der Waals surface area contributed by atoms with Crippen LogP contribution < -0.4 is 10.6 Å². The van der Waals surface area contributed by atoms with Crippen molar-refractivity contribution in [3.05, 3.63) is 71.4 Å². The number of hydrogen-bond donors (Lipinski definition) is 2. The minimum atomic E-state index is -0.484. The second-order valence-corrected chi connectivity index (χ2v) is 7.07. The third kappa shape index (κ3) is 5.59. The zero-order chi connectivity index (χ0) is 22.2. The van der Waals surface area contributed by atoms with Gasteiger partial charge in [0.05, 0.1) is 6.61 Å². The Kier molecular flexibility index (Phi) is 7.20. The zero-order valence-corrected chi connectivity index (χ0v) is 17.5. The van der Waals surface area contributed by atoms with E-state index in [1.54, 1.807) is 30.0 Å². The Morgan fingerprint density at radius 3 is 2.74 bits per heavy atom. The monoisotopic (exact) mass is 416 g/mol. The van der Waals surface area contributed by atoms with Crippen LogP contribution in [0.25, 0.3) is 17.0 Å². The van der Waals surface area contributed by atoms with Gasteiger partial charge < -0.3 is 19.9 Å². The van der Waals surface area contributed by atoms with E-state index in [9.17, 15) is 14.9 Å². The molecule has 0 fully saturated rings. The van der Waals surface area contributed by atoms with E-state index in [4.69, 9.17) is 4.74 Å². The van der Waals surface area contributed by atoms with Crippen molar-refractivity contribution < 1.29 is 14.3 Å². The average molecular weight is 416 g/mol. The lowest BCUT2D eigenvalue weighted by Crippen LogP contribution is -2.30. The van der Waals surface area contributed by atoms with Gasteiger partial charge in [-0.05, 0) is 36.8 Å². The van der Waals surface area contributed by atoms with Crippen molar-refractivity contribution in [2.24, 2.45) is 0 Å². The van der Waals surface area contributed by atoms with Gasteiger partial charge in [-0.25, -0.2) is 0 Å². The Balaban J connectivity index is 1.87. The Morgan fingerprint density at radius 1 is 1.19 bits per heavy atom. The summed E-state index contributed by atoms with van der Waals surface area (Å²) in [7, 11) is 1.58. The number of nitrogens with zero attached hydrogens (tertiary/aromatic N) is 2. The molecule has 0 bridgehead atoms. The SMILES string of the molecule is COCCNC(=O)Cn1cc(C=C(C#N)C(=O)Nc2cccc(C)c2)c2ccccc21. The lowest BCUT2D eigenvalue weighted by atomic mass is 10.1. The first-order valence-corrected chi connectivity index (χ1v) is 9.85. The molecule has 7 nitrogen and oxygen atoms in total. The van der Waals surface area contributed by atoms with Gasteiger partial charge >= 0.3 is 0 Å². The van der Waals surface area contributed by atoms with Gasteiger partial charge in [0.2, 0.25) is 5.91 Å². The van der Waals surface area contributed by atoms with Crippen LogP contribution in [0.4, 0.5) is 5.69 Å². The Morgan fingerprint density at radius 2 is 2.00 bits per heavy atom. The number of methoxy groups -OCH3 is 1. The highest BCUT2D eigenvalue weighted by molar-refractivity contribution is 6.10. The number of aryl methyl sites for hydroxylation is 1. The minimum absolute atomic E-state index is 0.0195. The van der Waals surface area contributed by atoms with Crippen LogP contribution in [0.1, 0.15) is 11.1 Å². The second kappa shape index (κ2) is 10.2. The summed E-state index contributed by atoms with van der Waals surface area (Å²) in [4.78, 5) is 24.9. The molecule has 0 atom stereocenters. The molecule has 1 aromatic heterocycles. The summed E-state index contributed by atoms with van der Waals surface area (Å²) in [5.74, 6) is -0.631. The number of hydrogen-bond acceptors (Lipinski definition) is 4. The normalized spacial score (nSPS) is 11.2. The van der Waals surface area contributed by atoms with Gasteiger partial charge in [0, 0.05) is 42.0 Å². The van der Waals surface area contributed by atoms with Crippen LogP contribution in [0.5, 0.6) is 0 Å². The number of fused-ring (bicyclic) bond motifs is 1. The summed E-state index contributed by atoms with van der Waals surface area (Å²) in [5, 5.41) is 16.0. The van der Waals surface area contributed by atoms with Gasteiger partial charge in [-0.3, -0.25) is 9.59 Å². The van der Waals surface area contributed by atoms with E-state index in [0.29, 0.717) is 24.4 Å². The maximum Gasteiger partial charge on any atom is 0.266 e. The topological polar surface area (TPSA) is 96.2 Å². The van der Waals surface area contributed by atoms with Crippen molar-refractivity contribution in [3.8, 4) is 6.07 Å². The van der Waals surface area contributed by atoms with E-state index in [1.165, 1.54) is 0 Å². The number of anilines is 1. The fourth-order valence-corrected chi connectivity index (χ4v) is 3.25. The molecule has 1 heterocycles. The molecule has 0 saturated carbocycles. The van der Waals surface area contributed by atoms with Crippen molar-refractivity contribution in [1.82, 2.24) is 9.88 Å². The van der Waals surface area contributed by atoms with E-state index >= 15 is 0 Å². The maximum atomic E-state index is 12.6. The number of ether oxygens (including phenoxy) is 1. The molecular formula is C24H24N4O3. The first-order valence-electron chi connectivity index (χ1n) is 9.85. The maximum absolute atomic E-state index is 12.6. The van der Waals surface area contributed by atoms with Crippen molar-refractivity contribution >= 4 is 34.5 Å². The first-order chi connectivity index (χ1) is 15.0. The van der Waals surface area contributed by atoms with Gasteiger partial charge in [-0.15, -0.1) is 0 Å². The number of amides is 2. The van der Waals surface area contributed by atoms with Crippen LogP contribution in [0, 0.1) is 18.3 Å². The summed E-state index contributed by atoms with van der Waals surface area (Å²) in [6.45, 7) is 2.92. The number of nitrogens with one attached hydrogen (secondary N) is 2. The standard InChI is InChI=1S/C24H24N4O3/c1-17-6-5-7-20(12-17)27-24(30)18(14-25)13-19-15-28(16-23(29)26-10-11-31-2)22-9-4-3-8-21(19)22/h3-9,12-13,15H,10-11,16H2,1-2H3,(H,26,29)(H,27,30). The summed E-state index contributed by atoms with van der Waals surface area (Å²) in [6.07, 6.45) is 3.32. The first kappa shape index (κ1) is 21.8. The van der Waals surface area contributed by atoms with Crippen LogP contribution in [-0.2, 0) is 20.9 Å². The molecule has 3 aromatic rings. The van der Waals surface area contributed by atoms with Gasteiger partial charge in [0.1, 0.15) is 18.2 Å². The molecule has 0 aliphatic rings. The Hall–Kier alpha value is -3.89. The molecule has 0 saturated heterocycles. The lowest BCUT2D eigenvalue weighted by Gasteiger charge is -2.06. The molecule has 158 valence electrons. The highest BCUT2D eigenvalue weighted by atomic mass is 16.5. The second-order valence-electron chi connectivity index (χ2n) is 7.07.